The Morgan fingerprint density at radius 1 is 0.811 bits per heavy atom. The summed E-state index contributed by atoms with van der Waals surface area (Å²) in [6, 6.07) is 22.3. The first kappa shape index (κ1) is 25.1. The largest absolute Gasteiger partial charge is 0.368 e. The van der Waals surface area contributed by atoms with Gasteiger partial charge in [-0.25, -0.2) is 8.42 Å². The Kier molecular flexibility index (Phi) is 7.34. The lowest BCUT2D eigenvalue weighted by Gasteiger charge is -2.36. The van der Waals surface area contributed by atoms with E-state index in [1.54, 1.807) is 30.3 Å². The fraction of sp³-hybridized carbons (Fsp3) is 0.321. The quantitative estimate of drug-likeness (QED) is 0.521. The van der Waals surface area contributed by atoms with E-state index < -0.39 is 10.0 Å². The highest BCUT2D eigenvalue weighted by Crippen LogP contribution is 2.31. The Hall–Kier alpha value is -3.56. The molecule has 0 saturated carbocycles. The second-order valence-electron chi connectivity index (χ2n) is 9.50. The standard InChI is InChI=1S/C28H33N5O3S/c1-22-7-10-25(11-8-22)37(35,36)30-26-21-23(9-12-27(26)32-15-13-29-14-16-32)28(34)33-19-17-31(18-20-33)24-5-3-2-4-6-24/h2-12,21,29-30H,13-20H2,1H3. The van der Waals surface area contributed by atoms with Gasteiger partial charge in [0.25, 0.3) is 15.9 Å². The lowest BCUT2D eigenvalue weighted by Crippen LogP contribution is -2.48. The molecule has 2 fully saturated rings. The van der Waals surface area contributed by atoms with Crippen LogP contribution in [0.2, 0.25) is 0 Å². The maximum Gasteiger partial charge on any atom is 0.261 e. The first-order chi connectivity index (χ1) is 17.9. The van der Waals surface area contributed by atoms with E-state index in [0.29, 0.717) is 24.3 Å². The van der Waals surface area contributed by atoms with Gasteiger partial charge in [-0.3, -0.25) is 9.52 Å². The van der Waals surface area contributed by atoms with Gasteiger partial charge in [0, 0.05) is 63.6 Å². The maximum atomic E-state index is 13.5. The molecule has 2 aliphatic rings. The molecule has 9 heteroatoms. The van der Waals surface area contributed by atoms with Crippen LogP contribution in [-0.2, 0) is 10.0 Å². The van der Waals surface area contributed by atoms with E-state index >= 15 is 0 Å². The summed E-state index contributed by atoms with van der Waals surface area (Å²) in [6.07, 6.45) is 0. The minimum absolute atomic E-state index is 0.0876. The van der Waals surface area contributed by atoms with Crippen molar-refractivity contribution in [1.82, 2.24) is 10.2 Å². The first-order valence-corrected chi connectivity index (χ1v) is 14.2. The van der Waals surface area contributed by atoms with E-state index in [1.165, 1.54) is 0 Å². The molecule has 37 heavy (non-hydrogen) atoms. The van der Waals surface area contributed by atoms with Crippen LogP contribution in [0, 0.1) is 6.92 Å². The summed E-state index contributed by atoms with van der Waals surface area (Å²) >= 11 is 0. The molecule has 3 aromatic carbocycles. The van der Waals surface area contributed by atoms with Crippen molar-refractivity contribution in [3.05, 3.63) is 83.9 Å². The van der Waals surface area contributed by atoms with Crippen LogP contribution in [0.25, 0.3) is 0 Å². The lowest BCUT2D eigenvalue weighted by atomic mass is 10.1. The van der Waals surface area contributed by atoms with Crippen molar-refractivity contribution in [3.8, 4) is 0 Å². The van der Waals surface area contributed by atoms with Crippen molar-refractivity contribution < 1.29 is 13.2 Å². The number of hydrogen-bond donors (Lipinski definition) is 2. The van der Waals surface area contributed by atoms with Crippen LogP contribution in [0.5, 0.6) is 0 Å². The van der Waals surface area contributed by atoms with Crippen LogP contribution in [0.1, 0.15) is 15.9 Å². The van der Waals surface area contributed by atoms with E-state index in [0.717, 1.165) is 56.2 Å². The second kappa shape index (κ2) is 10.8. The summed E-state index contributed by atoms with van der Waals surface area (Å²) < 4.78 is 29.3. The number of anilines is 3. The van der Waals surface area contributed by atoms with E-state index in [2.05, 4.69) is 32.0 Å². The minimum atomic E-state index is -3.82. The second-order valence-corrected chi connectivity index (χ2v) is 11.2. The summed E-state index contributed by atoms with van der Waals surface area (Å²) in [6.45, 7) is 7.79. The minimum Gasteiger partial charge on any atom is -0.368 e. The van der Waals surface area contributed by atoms with Gasteiger partial charge in [-0.1, -0.05) is 35.9 Å². The molecular formula is C28H33N5O3S. The average molecular weight is 520 g/mol. The Morgan fingerprint density at radius 3 is 2.16 bits per heavy atom. The summed E-state index contributed by atoms with van der Waals surface area (Å²) in [5.74, 6) is -0.0876. The zero-order valence-corrected chi connectivity index (χ0v) is 21.9. The molecule has 2 aliphatic heterocycles. The molecule has 3 aromatic rings. The van der Waals surface area contributed by atoms with Gasteiger partial charge in [-0.05, 0) is 49.4 Å². The van der Waals surface area contributed by atoms with Crippen LogP contribution in [0.3, 0.4) is 0 Å². The molecule has 194 valence electrons. The number of piperazine rings is 2. The van der Waals surface area contributed by atoms with Gasteiger partial charge in [0.05, 0.1) is 16.3 Å². The number of para-hydroxylation sites is 1. The highest BCUT2D eigenvalue weighted by Gasteiger charge is 2.25. The number of nitrogens with zero attached hydrogens (tertiary/aromatic N) is 3. The van der Waals surface area contributed by atoms with Gasteiger partial charge in [0.1, 0.15) is 0 Å². The molecule has 1 amide bonds. The van der Waals surface area contributed by atoms with Crippen LogP contribution < -0.4 is 19.8 Å². The molecule has 2 saturated heterocycles. The predicted molar refractivity (Wildman–Crippen MR) is 148 cm³/mol. The fourth-order valence-electron chi connectivity index (χ4n) is 4.84. The van der Waals surface area contributed by atoms with E-state index in [-0.39, 0.29) is 10.8 Å². The number of carbonyl (C=O) groups is 1. The zero-order valence-electron chi connectivity index (χ0n) is 21.1. The lowest BCUT2D eigenvalue weighted by molar-refractivity contribution is 0.0747. The van der Waals surface area contributed by atoms with E-state index in [1.807, 2.05) is 42.2 Å². The summed E-state index contributed by atoms with van der Waals surface area (Å²) in [7, 11) is -3.82. The number of aryl methyl sites for hydroxylation is 1. The third-order valence-electron chi connectivity index (χ3n) is 6.97. The maximum absolute atomic E-state index is 13.5. The monoisotopic (exact) mass is 519 g/mol. The Labute approximate surface area is 218 Å². The number of nitrogens with one attached hydrogen (secondary N) is 2. The number of amides is 1. The fourth-order valence-corrected chi connectivity index (χ4v) is 5.91. The zero-order chi connectivity index (χ0) is 25.8. The van der Waals surface area contributed by atoms with Gasteiger partial charge >= 0.3 is 0 Å². The molecule has 0 radical (unpaired) electrons. The molecule has 0 aromatic heterocycles. The Bertz CT molecular complexity index is 1330. The van der Waals surface area contributed by atoms with Crippen molar-refractivity contribution in [2.75, 3.05) is 66.9 Å². The molecule has 0 unspecified atom stereocenters. The van der Waals surface area contributed by atoms with Gasteiger partial charge < -0.3 is 20.0 Å². The third kappa shape index (κ3) is 5.73. The summed E-state index contributed by atoms with van der Waals surface area (Å²) in [5.41, 5.74) is 3.83. The summed E-state index contributed by atoms with van der Waals surface area (Å²) in [5, 5.41) is 3.33. The Balaban J connectivity index is 1.38. The van der Waals surface area contributed by atoms with Gasteiger partial charge in [-0.15, -0.1) is 0 Å². The molecule has 5 rings (SSSR count). The van der Waals surface area contributed by atoms with Gasteiger partial charge in [0.15, 0.2) is 0 Å². The van der Waals surface area contributed by atoms with Crippen LogP contribution in [0.4, 0.5) is 17.1 Å². The van der Waals surface area contributed by atoms with Gasteiger partial charge in [-0.2, -0.15) is 0 Å². The highest BCUT2D eigenvalue weighted by atomic mass is 32.2. The molecule has 0 spiro atoms. The molecule has 8 nitrogen and oxygen atoms in total. The highest BCUT2D eigenvalue weighted by molar-refractivity contribution is 7.92. The summed E-state index contributed by atoms with van der Waals surface area (Å²) in [4.78, 5) is 19.9. The van der Waals surface area contributed by atoms with E-state index in [4.69, 9.17) is 0 Å². The van der Waals surface area contributed by atoms with Crippen molar-refractivity contribution in [2.45, 2.75) is 11.8 Å². The average Bonchev–Trinajstić information content (AvgIpc) is 2.94. The molecule has 0 atom stereocenters. The number of sulfonamides is 1. The molecule has 0 aliphatic carbocycles. The van der Waals surface area contributed by atoms with Crippen molar-refractivity contribution in [1.29, 1.82) is 0 Å². The third-order valence-corrected chi connectivity index (χ3v) is 8.35. The normalized spacial score (nSPS) is 16.5. The number of hydrogen-bond acceptors (Lipinski definition) is 6. The number of benzene rings is 3. The number of carbonyl (C=O) groups excluding carboxylic acids is 1. The number of rotatable bonds is 6. The predicted octanol–water partition coefficient (Wildman–Crippen LogP) is 3.17. The molecule has 0 bridgehead atoms. The smallest absolute Gasteiger partial charge is 0.261 e. The van der Waals surface area contributed by atoms with Crippen LogP contribution >= 0.6 is 0 Å². The van der Waals surface area contributed by atoms with Crippen molar-refractivity contribution in [2.24, 2.45) is 0 Å². The molecule has 2 heterocycles. The Morgan fingerprint density at radius 2 is 1.49 bits per heavy atom. The SMILES string of the molecule is Cc1ccc(S(=O)(=O)Nc2cc(C(=O)N3CCN(c4ccccc4)CC3)ccc2N2CCNCC2)cc1. The van der Waals surface area contributed by atoms with Crippen molar-refractivity contribution >= 4 is 33.0 Å². The molecule has 2 N–H and O–H groups in total. The van der Waals surface area contributed by atoms with Crippen LogP contribution in [-0.4, -0.2) is 71.6 Å². The van der Waals surface area contributed by atoms with Crippen molar-refractivity contribution in [3.63, 3.8) is 0 Å². The topological polar surface area (TPSA) is 85.0 Å². The molecular weight excluding hydrogens is 486 g/mol. The van der Waals surface area contributed by atoms with Gasteiger partial charge in [0.2, 0.25) is 0 Å². The first-order valence-electron chi connectivity index (χ1n) is 12.7. The van der Waals surface area contributed by atoms with E-state index in [9.17, 15) is 13.2 Å². The van der Waals surface area contributed by atoms with Crippen LogP contribution in [0.15, 0.2) is 77.7 Å².